The monoisotopic (exact) mass is 220 g/mol. The summed E-state index contributed by atoms with van der Waals surface area (Å²) in [6, 6.07) is 1.11. The van der Waals surface area contributed by atoms with E-state index in [9.17, 15) is 0 Å². The molecule has 1 aromatic rings. The molecule has 0 amide bonds. The maximum absolute atomic E-state index is 4.50. The van der Waals surface area contributed by atoms with Crippen molar-refractivity contribution in [2.24, 2.45) is 0 Å². The zero-order valence-electron chi connectivity index (χ0n) is 10.2. The standard InChI is InChI=1S/C12H20N4/c1-8-6-11(4-5-13-8)16-12-10(3)14-7-9(2)15-12/h7-8,11,13H,4-6H2,1-3H3,(H,15,16). The van der Waals surface area contributed by atoms with E-state index in [1.165, 1.54) is 0 Å². The molecule has 2 heterocycles. The van der Waals surface area contributed by atoms with Crippen LogP contribution in [0.4, 0.5) is 5.82 Å². The predicted molar refractivity (Wildman–Crippen MR) is 65.6 cm³/mol. The van der Waals surface area contributed by atoms with Crippen molar-refractivity contribution in [3.63, 3.8) is 0 Å². The van der Waals surface area contributed by atoms with Gasteiger partial charge in [-0.3, -0.25) is 4.98 Å². The van der Waals surface area contributed by atoms with Gasteiger partial charge in [-0.1, -0.05) is 0 Å². The van der Waals surface area contributed by atoms with Crippen LogP contribution in [0, 0.1) is 13.8 Å². The van der Waals surface area contributed by atoms with Gasteiger partial charge in [-0.25, -0.2) is 4.98 Å². The lowest BCUT2D eigenvalue weighted by atomic mass is 10.0. The van der Waals surface area contributed by atoms with E-state index in [0.29, 0.717) is 12.1 Å². The molecule has 2 N–H and O–H groups in total. The summed E-state index contributed by atoms with van der Waals surface area (Å²) in [4.78, 5) is 8.82. The van der Waals surface area contributed by atoms with Crippen molar-refractivity contribution in [3.05, 3.63) is 17.6 Å². The first-order chi connectivity index (χ1) is 7.65. The second-order valence-corrected chi connectivity index (χ2v) is 4.67. The number of aryl methyl sites for hydroxylation is 2. The van der Waals surface area contributed by atoms with Crippen LogP contribution in [0.25, 0.3) is 0 Å². The summed E-state index contributed by atoms with van der Waals surface area (Å²) < 4.78 is 0. The number of piperidine rings is 1. The van der Waals surface area contributed by atoms with Crippen LogP contribution < -0.4 is 10.6 Å². The highest BCUT2D eigenvalue weighted by Gasteiger charge is 2.19. The molecule has 0 saturated carbocycles. The summed E-state index contributed by atoms with van der Waals surface area (Å²) in [6.45, 7) is 7.28. The number of rotatable bonds is 2. The average Bonchev–Trinajstić information content (AvgIpc) is 2.24. The molecule has 0 radical (unpaired) electrons. The Morgan fingerprint density at radius 2 is 2.25 bits per heavy atom. The Bertz CT molecular complexity index is 364. The Labute approximate surface area is 96.9 Å². The van der Waals surface area contributed by atoms with Gasteiger partial charge < -0.3 is 10.6 Å². The summed E-state index contributed by atoms with van der Waals surface area (Å²) in [6.07, 6.45) is 4.11. The summed E-state index contributed by atoms with van der Waals surface area (Å²) >= 11 is 0. The molecular formula is C12H20N4. The number of hydrogen-bond acceptors (Lipinski definition) is 4. The van der Waals surface area contributed by atoms with Gasteiger partial charge in [0, 0.05) is 18.3 Å². The van der Waals surface area contributed by atoms with Gasteiger partial charge in [-0.15, -0.1) is 0 Å². The number of aromatic nitrogens is 2. The fourth-order valence-electron chi connectivity index (χ4n) is 2.13. The van der Waals surface area contributed by atoms with Gasteiger partial charge in [0.1, 0.15) is 5.82 Å². The number of nitrogens with zero attached hydrogens (tertiary/aromatic N) is 2. The van der Waals surface area contributed by atoms with E-state index in [4.69, 9.17) is 0 Å². The van der Waals surface area contributed by atoms with Gasteiger partial charge in [-0.05, 0) is 40.2 Å². The van der Waals surface area contributed by atoms with Gasteiger partial charge >= 0.3 is 0 Å². The maximum Gasteiger partial charge on any atom is 0.147 e. The minimum Gasteiger partial charge on any atom is -0.366 e. The Balaban J connectivity index is 2.05. The molecule has 0 aliphatic carbocycles. The molecule has 2 atom stereocenters. The highest BCUT2D eigenvalue weighted by atomic mass is 15.1. The third kappa shape index (κ3) is 2.70. The average molecular weight is 220 g/mol. The van der Waals surface area contributed by atoms with Crippen molar-refractivity contribution in [2.75, 3.05) is 11.9 Å². The molecule has 1 aromatic heterocycles. The zero-order valence-corrected chi connectivity index (χ0v) is 10.2. The minimum atomic E-state index is 0.519. The molecule has 4 heteroatoms. The van der Waals surface area contributed by atoms with E-state index in [-0.39, 0.29) is 0 Å². The zero-order chi connectivity index (χ0) is 11.5. The fourth-order valence-corrected chi connectivity index (χ4v) is 2.13. The van der Waals surface area contributed by atoms with Crippen LogP contribution in [-0.4, -0.2) is 28.6 Å². The van der Waals surface area contributed by atoms with Crippen molar-refractivity contribution >= 4 is 5.82 Å². The first-order valence-electron chi connectivity index (χ1n) is 5.95. The van der Waals surface area contributed by atoms with E-state index in [2.05, 4.69) is 27.5 Å². The van der Waals surface area contributed by atoms with Gasteiger partial charge in [0.05, 0.1) is 11.4 Å². The molecule has 1 fully saturated rings. The summed E-state index contributed by atoms with van der Waals surface area (Å²) in [5, 5.41) is 6.95. The minimum absolute atomic E-state index is 0.519. The lowest BCUT2D eigenvalue weighted by Gasteiger charge is -2.29. The molecule has 16 heavy (non-hydrogen) atoms. The van der Waals surface area contributed by atoms with Crippen LogP contribution in [0.2, 0.25) is 0 Å². The van der Waals surface area contributed by atoms with E-state index >= 15 is 0 Å². The van der Waals surface area contributed by atoms with Crippen LogP contribution in [0.5, 0.6) is 0 Å². The normalized spacial score (nSPS) is 25.4. The Hall–Kier alpha value is -1.16. The van der Waals surface area contributed by atoms with Crippen molar-refractivity contribution in [2.45, 2.75) is 45.7 Å². The van der Waals surface area contributed by atoms with Crippen molar-refractivity contribution < 1.29 is 0 Å². The van der Waals surface area contributed by atoms with Gasteiger partial charge in [-0.2, -0.15) is 0 Å². The van der Waals surface area contributed by atoms with Crippen LogP contribution in [0.1, 0.15) is 31.2 Å². The number of nitrogens with one attached hydrogen (secondary N) is 2. The Morgan fingerprint density at radius 3 is 3.00 bits per heavy atom. The molecular weight excluding hydrogens is 200 g/mol. The third-order valence-electron chi connectivity index (χ3n) is 3.04. The molecule has 2 unspecified atom stereocenters. The number of hydrogen-bond donors (Lipinski definition) is 2. The summed E-state index contributed by atoms with van der Waals surface area (Å²) in [5.41, 5.74) is 1.95. The van der Waals surface area contributed by atoms with E-state index in [1.54, 1.807) is 0 Å². The van der Waals surface area contributed by atoms with Crippen LogP contribution in [-0.2, 0) is 0 Å². The molecule has 88 valence electrons. The summed E-state index contributed by atoms with van der Waals surface area (Å²) in [7, 11) is 0. The molecule has 1 aliphatic heterocycles. The lowest BCUT2D eigenvalue weighted by molar-refractivity contribution is 0.395. The Morgan fingerprint density at radius 1 is 1.44 bits per heavy atom. The van der Waals surface area contributed by atoms with Crippen LogP contribution >= 0.6 is 0 Å². The predicted octanol–water partition coefficient (Wildman–Crippen LogP) is 1.65. The molecule has 4 nitrogen and oxygen atoms in total. The van der Waals surface area contributed by atoms with Crippen molar-refractivity contribution in [1.29, 1.82) is 0 Å². The topological polar surface area (TPSA) is 49.8 Å². The molecule has 0 aromatic carbocycles. The maximum atomic E-state index is 4.50. The fraction of sp³-hybridized carbons (Fsp3) is 0.667. The summed E-state index contributed by atoms with van der Waals surface area (Å²) in [5.74, 6) is 0.944. The van der Waals surface area contributed by atoms with E-state index < -0.39 is 0 Å². The largest absolute Gasteiger partial charge is 0.366 e. The van der Waals surface area contributed by atoms with Crippen LogP contribution in [0.3, 0.4) is 0 Å². The first kappa shape index (κ1) is 11.3. The molecule has 1 aliphatic rings. The first-order valence-corrected chi connectivity index (χ1v) is 5.95. The highest BCUT2D eigenvalue weighted by molar-refractivity contribution is 5.40. The second-order valence-electron chi connectivity index (χ2n) is 4.67. The van der Waals surface area contributed by atoms with E-state index in [0.717, 1.165) is 36.6 Å². The molecule has 0 spiro atoms. The Kier molecular flexibility index (Phi) is 3.39. The molecule has 0 bridgehead atoms. The molecule has 2 rings (SSSR count). The second kappa shape index (κ2) is 4.78. The van der Waals surface area contributed by atoms with Gasteiger partial charge in [0.25, 0.3) is 0 Å². The lowest BCUT2D eigenvalue weighted by Crippen LogP contribution is -2.41. The smallest absolute Gasteiger partial charge is 0.147 e. The highest BCUT2D eigenvalue weighted by Crippen LogP contribution is 2.16. The van der Waals surface area contributed by atoms with Crippen molar-refractivity contribution in [1.82, 2.24) is 15.3 Å². The molecule has 1 saturated heterocycles. The van der Waals surface area contributed by atoms with Crippen LogP contribution in [0.15, 0.2) is 6.20 Å². The third-order valence-corrected chi connectivity index (χ3v) is 3.04. The quantitative estimate of drug-likeness (QED) is 0.795. The number of anilines is 1. The van der Waals surface area contributed by atoms with Crippen molar-refractivity contribution in [3.8, 4) is 0 Å². The van der Waals surface area contributed by atoms with Gasteiger partial charge in [0.2, 0.25) is 0 Å². The SMILES string of the molecule is Cc1cnc(C)c(NC2CCNC(C)C2)n1. The van der Waals surface area contributed by atoms with Gasteiger partial charge in [0.15, 0.2) is 0 Å². The van der Waals surface area contributed by atoms with E-state index in [1.807, 2.05) is 20.0 Å².